The molecular weight excluding hydrogens is 538 g/mol. The van der Waals surface area contributed by atoms with Crippen molar-refractivity contribution in [3.8, 4) is 22.3 Å². The second-order valence-electron chi connectivity index (χ2n) is 8.99. The van der Waals surface area contributed by atoms with Crippen LogP contribution >= 0.6 is 0 Å². The summed E-state index contributed by atoms with van der Waals surface area (Å²) in [5.41, 5.74) is 3.15. The molecule has 0 N–H and O–H groups in total. The lowest BCUT2D eigenvalue weighted by molar-refractivity contribution is -0.174. The molecule has 0 atom stereocenters. The van der Waals surface area contributed by atoms with Crippen LogP contribution in [-0.4, -0.2) is 35.5 Å². The molecule has 40 heavy (non-hydrogen) atoms. The molecule has 0 saturated carbocycles. The summed E-state index contributed by atoms with van der Waals surface area (Å²) in [6, 6.07) is 23.4. The summed E-state index contributed by atoms with van der Waals surface area (Å²) in [6.07, 6.45) is -11.9. The van der Waals surface area contributed by atoms with Gasteiger partial charge in [-0.2, -0.15) is 26.3 Å². The van der Waals surface area contributed by atoms with Gasteiger partial charge >= 0.3 is 23.9 Å². The number of carbonyl (C=O) groups is 4. The van der Waals surface area contributed by atoms with Crippen molar-refractivity contribution in [1.29, 1.82) is 0 Å². The average Bonchev–Trinajstić information content (AvgIpc) is 2.91. The molecule has 0 aliphatic heterocycles. The summed E-state index contributed by atoms with van der Waals surface area (Å²) in [7, 11) is 0. The van der Waals surface area contributed by atoms with Gasteiger partial charge in [-0.3, -0.25) is 19.2 Å². The molecule has 0 spiro atoms. The minimum absolute atomic E-state index is 0.219. The second-order valence-corrected chi connectivity index (χ2v) is 8.99. The van der Waals surface area contributed by atoms with E-state index in [0.29, 0.717) is 22.3 Å². The number of Topliss-reactive ketones (excluding diaryl/α,β-unsaturated/α-hetero) is 4. The van der Waals surface area contributed by atoms with Crippen molar-refractivity contribution in [3.05, 3.63) is 96.1 Å². The third-order valence-electron chi connectivity index (χ3n) is 6.17. The molecule has 0 bridgehead atoms. The van der Waals surface area contributed by atoms with Crippen LogP contribution in [0.4, 0.5) is 26.3 Å². The highest BCUT2D eigenvalue weighted by Gasteiger charge is 2.43. The van der Waals surface area contributed by atoms with Gasteiger partial charge in [-0.15, -0.1) is 0 Å². The van der Waals surface area contributed by atoms with Crippen LogP contribution in [0.1, 0.15) is 11.1 Å². The van der Waals surface area contributed by atoms with E-state index in [-0.39, 0.29) is 11.1 Å². The smallest absolute Gasteiger partial charge is 0.290 e. The van der Waals surface area contributed by atoms with E-state index in [9.17, 15) is 45.5 Å². The summed E-state index contributed by atoms with van der Waals surface area (Å²) in [5, 5.41) is 1.76. The molecule has 0 unspecified atom stereocenters. The molecule has 0 amide bonds. The van der Waals surface area contributed by atoms with Crippen LogP contribution in [0.15, 0.2) is 84.9 Å². The molecule has 4 nitrogen and oxygen atoms in total. The van der Waals surface area contributed by atoms with Crippen molar-refractivity contribution >= 4 is 33.9 Å². The lowest BCUT2D eigenvalue weighted by Crippen LogP contribution is -2.31. The van der Waals surface area contributed by atoms with Gasteiger partial charge in [-0.1, -0.05) is 72.8 Å². The maximum Gasteiger partial charge on any atom is 0.458 e. The Labute approximate surface area is 223 Å². The number of hydrogen-bond acceptors (Lipinski definition) is 4. The van der Waals surface area contributed by atoms with Crippen molar-refractivity contribution in [2.75, 3.05) is 0 Å². The van der Waals surface area contributed by atoms with E-state index in [1.807, 2.05) is 36.4 Å². The Morgan fingerprint density at radius 3 is 1.12 bits per heavy atom. The van der Waals surface area contributed by atoms with Crippen LogP contribution in [-0.2, 0) is 32.0 Å². The molecule has 0 aliphatic rings. The Morgan fingerprint density at radius 1 is 0.500 bits per heavy atom. The van der Waals surface area contributed by atoms with Gasteiger partial charge in [0.2, 0.25) is 11.6 Å². The number of hydrogen-bond donors (Lipinski definition) is 0. The van der Waals surface area contributed by atoms with Crippen LogP contribution < -0.4 is 0 Å². The first-order chi connectivity index (χ1) is 18.7. The van der Waals surface area contributed by atoms with Gasteiger partial charge in [0.05, 0.1) is 0 Å². The molecular formula is C30H18F6O4. The Bertz CT molecular complexity index is 1490. The number of fused-ring (bicyclic) bond motifs is 1. The molecule has 0 aromatic heterocycles. The molecule has 10 heteroatoms. The molecule has 204 valence electrons. The fraction of sp³-hybridized carbons (Fsp3) is 0.133. The monoisotopic (exact) mass is 556 g/mol. The Morgan fingerprint density at radius 2 is 0.825 bits per heavy atom. The number of ketones is 4. The van der Waals surface area contributed by atoms with Crippen molar-refractivity contribution < 1.29 is 45.5 Å². The zero-order valence-electron chi connectivity index (χ0n) is 20.4. The quantitative estimate of drug-likeness (QED) is 0.180. The first kappa shape index (κ1) is 28.4. The summed E-state index contributed by atoms with van der Waals surface area (Å²) in [6.45, 7) is 0. The number of alkyl halides is 6. The second kappa shape index (κ2) is 10.9. The van der Waals surface area contributed by atoms with Gasteiger partial charge < -0.3 is 0 Å². The summed E-state index contributed by atoms with van der Waals surface area (Å²) in [4.78, 5) is 45.8. The van der Waals surface area contributed by atoms with Gasteiger partial charge in [0, 0.05) is 12.8 Å². The third-order valence-corrected chi connectivity index (χ3v) is 6.17. The molecule has 4 aromatic rings. The van der Waals surface area contributed by atoms with E-state index in [2.05, 4.69) is 0 Å². The van der Waals surface area contributed by atoms with Gasteiger partial charge in [-0.05, 0) is 56.3 Å². The molecule has 0 fully saturated rings. The topological polar surface area (TPSA) is 68.3 Å². The van der Waals surface area contributed by atoms with Gasteiger partial charge in [0.15, 0.2) is 0 Å². The van der Waals surface area contributed by atoms with E-state index in [1.165, 1.54) is 24.3 Å². The van der Waals surface area contributed by atoms with Crippen molar-refractivity contribution in [2.24, 2.45) is 0 Å². The molecule has 0 aliphatic carbocycles. The number of rotatable bonds is 8. The minimum atomic E-state index is -5.24. The highest BCUT2D eigenvalue weighted by Crippen LogP contribution is 2.36. The first-order valence-corrected chi connectivity index (χ1v) is 11.7. The zero-order chi connectivity index (χ0) is 29.2. The predicted octanol–water partition coefficient (Wildman–Crippen LogP) is 6.66. The Hall–Kier alpha value is -4.60. The normalized spacial score (nSPS) is 11.8. The standard InChI is InChI=1S/C30H18F6O4/c31-29(32,33)27(39)25(37)13-17-5-9-19(10-6-17)23-15-21-3-1-2-4-22(21)16-24(23)20-11-7-18(8-12-20)14-26(38)28(40)30(34,35)36/h1-12,15-16H,13-14H2. The molecule has 0 saturated heterocycles. The van der Waals surface area contributed by atoms with Crippen molar-refractivity contribution in [2.45, 2.75) is 25.2 Å². The van der Waals surface area contributed by atoms with Crippen LogP contribution in [0, 0.1) is 0 Å². The lowest BCUT2D eigenvalue weighted by atomic mass is 9.90. The van der Waals surface area contributed by atoms with Crippen molar-refractivity contribution in [1.82, 2.24) is 0 Å². The molecule has 4 aromatic carbocycles. The largest absolute Gasteiger partial charge is 0.458 e. The zero-order valence-corrected chi connectivity index (χ0v) is 20.4. The molecule has 4 rings (SSSR count). The highest BCUT2D eigenvalue weighted by molar-refractivity contribution is 6.40. The summed E-state index contributed by atoms with van der Waals surface area (Å²) >= 11 is 0. The molecule has 0 heterocycles. The number of halogens is 6. The van der Waals surface area contributed by atoms with E-state index in [4.69, 9.17) is 0 Å². The average molecular weight is 556 g/mol. The van der Waals surface area contributed by atoms with E-state index in [0.717, 1.165) is 10.8 Å². The van der Waals surface area contributed by atoms with E-state index in [1.54, 1.807) is 24.3 Å². The van der Waals surface area contributed by atoms with Gasteiger partial charge in [0.1, 0.15) is 0 Å². The van der Waals surface area contributed by atoms with E-state index >= 15 is 0 Å². The van der Waals surface area contributed by atoms with Crippen molar-refractivity contribution in [3.63, 3.8) is 0 Å². The van der Waals surface area contributed by atoms with Crippen LogP contribution in [0.3, 0.4) is 0 Å². The Kier molecular flexibility index (Phi) is 7.72. The van der Waals surface area contributed by atoms with E-state index < -0.39 is 48.3 Å². The first-order valence-electron chi connectivity index (χ1n) is 11.7. The SMILES string of the molecule is O=C(Cc1ccc(-c2cc3ccccc3cc2-c2ccc(CC(=O)C(=O)C(F)(F)F)cc2)cc1)C(=O)C(F)(F)F. The maximum absolute atomic E-state index is 12.5. The summed E-state index contributed by atoms with van der Waals surface area (Å²) < 4.78 is 75.3. The highest BCUT2D eigenvalue weighted by atomic mass is 19.4. The number of benzene rings is 4. The fourth-order valence-electron chi connectivity index (χ4n) is 4.17. The lowest BCUT2D eigenvalue weighted by Gasteiger charge is -2.14. The predicted molar refractivity (Wildman–Crippen MR) is 134 cm³/mol. The van der Waals surface area contributed by atoms with Gasteiger partial charge in [0.25, 0.3) is 0 Å². The summed E-state index contributed by atoms with van der Waals surface area (Å²) in [5.74, 6) is -7.97. The van der Waals surface area contributed by atoms with Gasteiger partial charge in [-0.25, -0.2) is 0 Å². The fourth-order valence-corrected chi connectivity index (χ4v) is 4.17. The third kappa shape index (κ3) is 6.33. The van der Waals surface area contributed by atoms with Crippen LogP contribution in [0.5, 0.6) is 0 Å². The van der Waals surface area contributed by atoms with Crippen LogP contribution in [0.25, 0.3) is 33.0 Å². The Balaban J connectivity index is 1.66. The van der Waals surface area contributed by atoms with Crippen LogP contribution in [0.2, 0.25) is 0 Å². The maximum atomic E-state index is 12.5. The number of carbonyl (C=O) groups excluding carboxylic acids is 4. The molecule has 0 radical (unpaired) electrons. The minimum Gasteiger partial charge on any atom is -0.290 e.